The molecular weight excluding hydrogens is 188 g/mol. The largest absolute Gasteiger partial charge is 0.515 e. The average Bonchev–Trinajstić information content (AvgIpc) is 2.31. The Kier molecular flexibility index (Phi) is 2.86. The Morgan fingerprint density at radius 2 is 2.00 bits per heavy atom. The van der Waals surface area contributed by atoms with Gasteiger partial charge < -0.3 is 5.11 Å². The molecule has 1 N–H and O–H groups in total. The SMILES string of the molecule is O=C1CC[C@@H](c2ccccc2)C/C1=C\O. The van der Waals surface area contributed by atoms with Crippen LogP contribution in [-0.2, 0) is 4.79 Å². The highest BCUT2D eigenvalue weighted by atomic mass is 16.2. The van der Waals surface area contributed by atoms with Crippen LogP contribution < -0.4 is 0 Å². The monoisotopic (exact) mass is 202 g/mol. The third-order valence-corrected chi connectivity index (χ3v) is 2.97. The van der Waals surface area contributed by atoms with Crippen LogP contribution in [0.15, 0.2) is 42.2 Å². The number of aliphatic hydroxyl groups is 1. The Hall–Kier alpha value is -1.57. The van der Waals surface area contributed by atoms with E-state index in [4.69, 9.17) is 5.11 Å². The van der Waals surface area contributed by atoms with Gasteiger partial charge in [0.2, 0.25) is 0 Å². The molecule has 15 heavy (non-hydrogen) atoms. The quantitative estimate of drug-likeness (QED) is 0.561. The van der Waals surface area contributed by atoms with Crippen molar-refractivity contribution >= 4 is 5.78 Å². The topological polar surface area (TPSA) is 37.3 Å². The highest BCUT2D eigenvalue weighted by molar-refractivity contribution is 5.96. The number of carbonyl (C=O) groups is 1. The molecule has 1 fully saturated rings. The van der Waals surface area contributed by atoms with Crippen LogP contribution in [0.3, 0.4) is 0 Å². The van der Waals surface area contributed by atoms with Gasteiger partial charge in [-0.1, -0.05) is 30.3 Å². The molecule has 0 aliphatic heterocycles. The van der Waals surface area contributed by atoms with Crippen LogP contribution >= 0.6 is 0 Å². The van der Waals surface area contributed by atoms with E-state index in [1.54, 1.807) is 0 Å². The van der Waals surface area contributed by atoms with E-state index < -0.39 is 0 Å². The van der Waals surface area contributed by atoms with Gasteiger partial charge in [0.1, 0.15) is 0 Å². The smallest absolute Gasteiger partial charge is 0.161 e. The van der Waals surface area contributed by atoms with Gasteiger partial charge in [0.15, 0.2) is 5.78 Å². The molecule has 1 aromatic rings. The first-order chi connectivity index (χ1) is 7.31. The minimum atomic E-state index is 0.0877. The first-order valence-electron chi connectivity index (χ1n) is 5.22. The molecule has 1 aromatic carbocycles. The van der Waals surface area contributed by atoms with Gasteiger partial charge in [-0.15, -0.1) is 0 Å². The Morgan fingerprint density at radius 1 is 1.27 bits per heavy atom. The summed E-state index contributed by atoms with van der Waals surface area (Å²) < 4.78 is 0. The minimum Gasteiger partial charge on any atom is -0.515 e. The molecule has 0 aromatic heterocycles. The highest BCUT2D eigenvalue weighted by Crippen LogP contribution is 2.33. The van der Waals surface area contributed by atoms with Crippen LogP contribution in [0, 0.1) is 0 Å². The molecule has 0 saturated heterocycles. The zero-order chi connectivity index (χ0) is 10.7. The summed E-state index contributed by atoms with van der Waals surface area (Å²) in [6.07, 6.45) is 3.07. The molecule has 0 radical (unpaired) electrons. The van der Waals surface area contributed by atoms with Crippen molar-refractivity contribution in [2.45, 2.75) is 25.2 Å². The molecule has 2 rings (SSSR count). The second kappa shape index (κ2) is 4.30. The summed E-state index contributed by atoms with van der Waals surface area (Å²) in [7, 11) is 0. The normalized spacial score (nSPS) is 24.4. The summed E-state index contributed by atoms with van der Waals surface area (Å²) in [5.41, 5.74) is 1.82. The Balaban J connectivity index is 2.17. The number of ketones is 1. The number of carbonyl (C=O) groups excluding carboxylic acids is 1. The predicted molar refractivity (Wildman–Crippen MR) is 58.8 cm³/mol. The minimum absolute atomic E-state index is 0.0877. The molecule has 1 aliphatic rings. The van der Waals surface area contributed by atoms with E-state index in [2.05, 4.69) is 12.1 Å². The average molecular weight is 202 g/mol. The number of benzene rings is 1. The van der Waals surface area contributed by atoms with Gasteiger partial charge in [0.25, 0.3) is 0 Å². The number of hydrogen-bond acceptors (Lipinski definition) is 2. The van der Waals surface area contributed by atoms with Gasteiger partial charge in [-0.3, -0.25) is 4.79 Å². The lowest BCUT2D eigenvalue weighted by Gasteiger charge is -2.22. The molecule has 0 spiro atoms. The fourth-order valence-corrected chi connectivity index (χ4v) is 2.08. The molecule has 0 bridgehead atoms. The van der Waals surface area contributed by atoms with Crippen LogP contribution in [0.1, 0.15) is 30.7 Å². The maximum Gasteiger partial charge on any atom is 0.161 e. The van der Waals surface area contributed by atoms with Crippen LogP contribution in [0.4, 0.5) is 0 Å². The number of Topliss-reactive ketones (excluding diaryl/α,β-unsaturated/α-hetero) is 1. The lowest BCUT2D eigenvalue weighted by atomic mass is 9.81. The summed E-state index contributed by atoms with van der Waals surface area (Å²) in [6, 6.07) is 10.2. The maximum absolute atomic E-state index is 11.4. The highest BCUT2D eigenvalue weighted by Gasteiger charge is 2.24. The van der Waals surface area contributed by atoms with E-state index in [0.717, 1.165) is 12.7 Å². The lowest BCUT2D eigenvalue weighted by molar-refractivity contribution is -0.116. The Bertz CT molecular complexity index is 379. The lowest BCUT2D eigenvalue weighted by Crippen LogP contribution is -2.15. The van der Waals surface area contributed by atoms with E-state index in [-0.39, 0.29) is 5.78 Å². The number of aliphatic hydroxyl groups excluding tert-OH is 1. The van der Waals surface area contributed by atoms with E-state index >= 15 is 0 Å². The standard InChI is InChI=1S/C13H14O2/c14-9-12-8-11(6-7-13(12)15)10-4-2-1-3-5-10/h1-5,9,11,14H,6-8H2/b12-9+/t11-/m1/s1. The maximum atomic E-state index is 11.4. The first-order valence-corrected chi connectivity index (χ1v) is 5.22. The second-order valence-electron chi connectivity index (χ2n) is 3.93. The second-order valence-corrected chi connectivity index (χ2v) is 3.93. The first kappa shape index (κ1) is 9.97. The van der Waals surface area contributed by atoms with E-state index in [1.165, 1.54) is 5.56 Å². The third-order valence-electron chi connectivity index (χ3n) is 2.97. The van der Waals surface area contributed by atoms with Crippen molar-refractivity contribution in [3.63, 3.8) is 0 Å². The van der Waals surface area contributed by atoms with Crippen molar-refractivity contribution in [2.75, 3.05) is 0 Å². The van der Waals surface area contributed by atoms with Crippen LogP contribution in [0.25, 0.3) is 0 Å². The molecule has 1 saturated carbocycles. The van der Waals surface area contributed by atoms with Crippen molar-refractivity contribution in [2.24, 2.45) is 0 Å². The van der Waals surface area contributed by atoms with Gasteiger partial charge >= 0.3 is 0 Å². The van der Waals surface area contributed by atoms with Crippen LogP contribution in [-0.4, -0.2) is 10.9 Å². The van der Waals surface area contributed by atoms with Gasteiger partial charge in [0.05, 0.1) is 6.26 Å². The van der Waals surface area contributed by atoms with E-state index in [9.17, 15) is 4.79 Å². The molecule has 1 aliphatic carbocycles. The molecule has 1 atom stereocenters. The molecular formula is C13H14O2. The number of hydrogen-bond donors (Lipinski definition) is 1. The number of rotatable bonds is 1. The van der Waals surface area contributed by atoms with Crippen molar-refractivity contribution in [1.29, 1.82) is 0 Å². The zero-order valence-electron chi connectivity index (χ0n) is 8.52. The fourth-order valence-electron chi connectivity index (χ4n) is 2.08. The summed E-state index contributed by atoms with van der Waals surface area (Å²) in [5, 5.41) is 8.94. The van der Waals surface area contributed by atoms with Crippen molar-refractivity contribution in [3.05, 3.63) is 47.7 Å². The molecule has 0 heterocycles. The molecule has 2 heteroatoms. The van der Waals surface area contributed by atoms with Gasteiger partial charge in [-0.05, 0) is 24.3 Å². The van der Waals surface area contributed by atoms with Gasteiger partial charge in [-0.2, -0.15) is 0 Å². The van der Waals surface area contributed by atoms with Crippen molar-refractivity contribution < 1.29 is 9.90 Å². The summed E-state index contributed by atoms with van der Waals surface area (Å²) in [4.78, 5) is 11.4. The third kappa shape index (κ3) is 2.09. The van der Waals surface area contributed by atoms with E-state index in [0.29, 0.717) is 24.3 Å². The summed E-state index contributed by atoms with van der Waals surface area (Å²) >= 11 is 0. The van der Waals surface area contributed by atoms with Crippen LogP contribution in [0.5, 0.6) is 0 Å². The van der Waals surface area contributed by atoms with Gasteiger partial charge in [0, 0.05) is 12.0 Å². The molecule has 0 unspecified atom stereocenters. The fraction of sp³-hybridized carbons (Fsp3) is 0.308. The molecule has 0 amide bonds. The van der Waals surface area contributed by atoms with Gasteiger partial charge in [-0.25, -0.2) is 0 Å². The zero-order valence-corrected chi connectivity index (χ0v) is 8.52. The summed E-state index contributed by atoms with van der Waals surface area (Å²) in [6.45, 7) is 0. The van der Waals surface area contributed by atoms with Crippen molar-refractivity contribution in [3.8, 4) is 0 Å². The van der Waals surface area contributed by atoms with Crippen LogP contribution in [0.2, 0.25) is 0 Å². The van der Waals surface area contributed by atoms with E-state index in [1.807, 2.05) is 18.2 Å². The number of allylic oxidation sites excluding steroid dienone is 1. The Labute approximate surface area is 89.2 Å². The predicted octanol–water partition coefficient (Wildman–Crippen LogP) is 2.97. The summed E-state index contributed by atoms with van der Waals surface area (Å²) in [5.74, 6) is 0.465. The molecule has 2 nitrogen and oxygen atoms in total. The Morgan fingerprint density at radius 3 is 2.67 bits per heavy atom. The molecule has 78 valence electrons. The van der Waals surface area contributed by atoms with Crippen molar-refractivity contribution in [1.82, 2.24) is 0 Å².